The van der Waals surface area contributed by atoms with Crippen molar-refractivity contribution in [2.24, 2.45) is 22.6 Å². The van der Waals surface area contributed by atoms with Crippen LogP contribution in [-0.2, 0) is 19.1 Å². The number of aliphatic carboxylic acids is 1. The van der Waals surface area contributed by atoms with Crippen molar-refractivity contribution in [2.45, 2.75) is 55.1 Å². The number of aliphatic hydroxyl groups is 4. The molecule has 308 valence electrons. The number of hydrogen-bond acceptors (Lipinski definition) is 13. The van der Waals surface area contributed by atoms with Crippen LogP contribution in [0.2, 0.25) is 0 Å². The summed E-state index contributed by atoms with van der Waals surface area (Å²) in [6.45, 7) is 2.25. The summed E-state index contributed by atoms with van der Waals surface area (Å²) >= 11 is 0. The number of ether oxygens (including phenoxy) is 3. The van der Waals surface area contributed by atoms with Gasteiger partial charge in [0.15, 0.2) is 17.0 Å². The van der Waals surface area contributed by atoms with Crippen molar-refractivity contribution < 1.29 is 59.2 Å². The minimum absolute atomic E-state index is 0.0313. The maximum atomic E-state index is 13.6. The molecule has 2 bridgehead atoms. The molecule has 0 saturated carbocycles. The van der Waals surface area contributed by atoms with E-state index in [4.69, 9.17) is 19.9 Å². The fraction of sp³-hybridized carbons (Fsp3) is 0.318. The minimum atomic E-state index is -3.15. The number of allylic oxidation sites excluding steroid dienone is 2. The lowest BCUT2D eigenvalue weighted by Crippen LogP contribution is -2.85. The molecule has 1 saturated heterocycles. The highest BCUT2D eigenvalue weighted by Gasteiger charge is 2.76. The second-order valence-electron chi connectivity index (χ2n) is 15.2. The molecular weight excluding hydrogens is 762 g/mol. The largest absolute Gasteiger partial charge is 0.508 e. The third-order valence-corrected chi connectivity index (χ3v) is 11.4. The monoisotopic (exact) mass is 807 g/mol. The average molecular weight is 808 g/mol. The predicted octanol–water partition coefficient (Wildman–Crippen LogP) is 2.93. The number of carbonyl (C=O) groups is 3. The molecule has 1 aliphatic carbocycles. The summed E-state index contributed by atoms with van der Waals surface area (Å²) in [4.78, 5) is 43.2. The van der Waals surface area contributed by atoms with Crippen molar-refractivity contribution in [1.82, 2.24) is 5.32 Å². The number of aromatic hydroxyl groups is 1. The lowest BCUT2D eigenvalue weighted by atomic mass is 9.64. The lowest BCUT2D eigenvalue weighted by Gasteiger charge is -2.57. The number of carbonyl (C=O) groups excluding carboxylic acids is 2. The molecule has 4 aliphatic rings. The molecule has 59 heavy (non-hydrogen) atoms. The zero-order chi connectivity index (χ0) is 42.1. The van der Waals surface area contributed by atoms with Crippen LogP contribution in [-0.4, -0.2) is 109 Å². The summed E-state index contributed by atoms with van der Waals surface area (Å²) in [6.07, 6.45) is 4.66. The molecule has 0 aromatic heterocycles. The van der Waals surface area contributed by atoms with E-state index < -0.39 is 59.5 Å². The van der Waals surface area contributed by atoms with Crippen LogP contribution in [0.25, 0.3) is 17.4 Å². The number of aliphatic imine (C=N–C) groups is 1. The van der Waals surface area contributed by atoms with E-state index in [-0.39, 0.29) is 52.5 Å². The van der Waals surface area contributed by atoms with Crippen LogP contribution in [0.1, 0.15) is 36.5 Å². The van der Waals surface area contributed by atoms with Crippen LogP contribution in [0, 0.1) is 11.8 Å². The molecule has 8 atom stereocenters. The molecule has 1 fully saturated rings. The van der Waals surface area contributed by atoms with Gasteiger partial charge >= 0.3 is 5.97 Å². The van der Waals surface area contributed by atoms with Crippen molar-refractivity contribution in [3.8, 4) is 17.2 Å². The van der Waals surface area contributed by atoms with E-state index in [1.165, 1.54) is 42.5 Å². The number of nitrogens with zero attached hydrogens (tertiary/aromatic N) is 1. The first-order valence-corrected chi connectivity index (χ1v) is 19.1. The van der Waals surface area contributed by atoms with Crippen LogP contribution in [0.5, 0.6) is 17.2 Å². The summed E-state index contributed by atoms with van der Waals surface area (Å²) in [6, 6.07) is 19.4. The first-order valence-electron chi connectivity index (χ1n) is 19.1. The first kappa shape index (κ1) is 41.1. The predicted molar refractivity (Wildman–Crippen MR) is 215 cm³/mol. The number of phenolic OH excluding ortho intramolecular Hbond substituents is 1. The molecule has 1 unspecified atom stereocenters. The van der Waals surface area contributed by atoms with Gasteiger partial charge in [0.05, 0.1) is 17.7 Å². The van der Waals surface area contributed by atoms with E-state index in [1.807, 2.05) is 42.5 Å². The first-order chi connectivity index (χ1) is 28.2. The third-order valence-electron chi connectivity index (χ3n) is 11.4. The van der Waals surface area contributed by atoms with Crippen LogP contribution in [0.15, 0.2) is 108 Å². The van der Waals surface area contributed by atoms with Gasteiger partial charge in [-0.3, -0.25) is 14.6 Å². The average Bonchev–Trinajstić information content (AvgIpc) is 3.73. The second kappa shape index (κ2) is 16.3. The Morgan fingerprint density at radius 1 is 1.08 bits per heavy atom. The van der Waals surface area contributed by atoms with Gasteiger partial charge in [-0.2, -0.15) is 0 Å². The zero-order valence-corrected chi connectivity index (χ0v) is 32.0. The van der Waals surface area contributed by atoms with Crippen LogP contribution in [0.3, 0.4) is 0 Å². The number of benzene rings is 3. The van der Waals surface area contributed by atoms with E-state index in [9.17, 15) is 45.0 Å². The maximum absolute atomic E-state index is 13.6. The van der Waals surface area contributed by atoms with Gasteiger partial charge in [-0.05, 0) is 84.3 Å². The van der Waals surface area contributed by atoms with Crippen molar-refractivity contribution in [3.63, 3.8) is 0 Å². The van der Waals surface area contributed by atoms with E-state index in [0.29, 0.717) is 24.9 Å². The van der Waals surface area contributed by atoms with E-state index in [2.05, 4.69) is 23.3 Å². The zero-order valence-electron chi connectivity index (χ0n) is 32.0. The Morgan fingerprint density at radius 3 is 2.51 bits per heavy atom. The van der Waals surface area contributed by atoms with Crippen molar-refractivity contribution in [1.29, 1.82) is 0 Å². The highest BCUT2D eigenvalue weighted by molar-refractivity contribution is 6.04. The van der Waals surface area contributed by atoms with Crippen molar-refractivity contribution in [3.05, 3.63) is 119 Å². The van der Waals surface area contributed by atoms with E-state index >= 15 is 0 Å². The maximum Gasteiger partial charge on any atom is 0.343 e. The molecule has 3 aromatic rings. The molecule has 3 heterocycles. The number of rotatable bonds is 15. The number of carboxylic acid groups (broad SMARTS) is 1. The fourth-order valence-corrected chi connectivity index (χ4v) is 7.96. The second-order valence-corrected chi connectivity index (χ2v) is 15.2. The van der Waals surface area contributed by atoms with Gasteiger partial charge < -0.3 is 55.9 Å². The summed E-state index contributed by atoms with van der Waals surface area (Å²) in [5, 5.41) is 70.6. The highest BCUT2D eigenvalue weighted by Crippen LogP contribution is 2.48. The van der Waals surface area contributed by atoms with Gasteiger partial charge in [-0.25, -0.2) is 4.79 Å². The summed E-state index contributed by atoms with van der Waals surface area (Å²) in [5.74, 6) is -4.59. The summed E-state index contributed by atoms with van der Waals surface area (Å²) in [5.41, 5.74) is -0.491. The Hall–Kier alpha value is -6.10. The van der Waals surface area contributed by atoms with Gasteiger partial charge in [0.2, 0.25) is 18.0 Å². The molecule has 15 heteroatoms. The van der Waals surface area contributed by atoms with E-state index in [1.54, 1.807) is 6.21 Å². The Bertz CT molecular complexity index is 2270. The number of nitrogens with two attached hydrogens (primary N) is 1. The van der Waals surface area contributed by atoms with Gasteiger partial charge in [-0.15, -0.1) is 0 Å². The molecular formula is C44H45N3O12. The third kappa shape index (κ3) is 7.54. The normalized spacial score (nSPS) is 28.2. The number of carboxylic acids is 1. The number of amides is 1. The SMILES string of the molecule is C[C@H](C/C=C/c1ccccc1)[C@H](CNC[C@]1(O)[C@H](Oc2ccc3c(c2)OC(C(N)=O)C(c2ccc(O)cc2)=C3O)O[C@@]2(C(=O)O)C=CC(=O)[C@]1(O)[C@@H]2O)CC1=CCN=C1. The lowest BCUT2D eigenvalue weighted by molar-refractivity contribution is -0.355. The Kier molecular flexibility index (Phi) is 11.3. The molecule has 0 spiro atoms. The van der Waals surface area contributed by atoms with Gasteiger partial charge in [0.1, 0.15) is 29.1 Å². The quantitative estimate of drug-likeness (QED) is 0.110. The Morgan fingerprint density at radius 2 is 1.83 bits per heavy atom. The number of phenols is 1. The Labute approximate surface area is 339 Å². The van der Waals surface area contributed by atoms with Gasteiger partial charge in [0.25, 0.3) is 5.91 Å². The number of aliphatic hydroxyl groups excluding tert-OH is 2. The molecule has 1 amide bonds. The molecule has 3 aliphatic heterocycles. The number of hydrogen-bond donors (Lipinski definition) is 8. The summed E-state index contributed by atoms with van der Waals surface area (Å²) < 4.78 is 17.9. The van der Waals surface area contributed by atoms with E-state index in [0.717, 1.165) is 23.3 Å². The molecule has 9 N–H and O–H groups in total. The number of ketones is 1. The fourth-order valence-electron chi connectivity index (χ4n) is 7.96. The van der Waals surface area contributed by atoms with Crippen molar-refractivity contribution in [2.75, 3.05) is 19.6 Å². The minimum Gasteiger partial charge on any atom is -0.508 e. The number of nitrogens with one attached hydrogen (secondary N) is 1. The Balaban J connectivity index is 1.19. The number of primary amides is 1. The van der Waals surface area contributed by atoms with Gasteiger partial charge in [-0.1, -0.05) is 67.6 Å². The number of fused-ring (bicyclic) bond motifs is 3. The smallest absolute Gasteiger partial charge is 0.343 e. The van der Waals surface area contributed by atoms with Gasteiger partial charge in [0, 0.05) is 18.8 Å². The van der Waals surface area contributed by atoms with Crippen LogP contribution >= 0.6 is 0 Å². The molecule has 3 aromatic carbocycles. The van der Waals surface area contributed by atoms with Crippen LogP contribution in [0.4, 0.5) is 0 Å². The topological polar surface area (TPSA) is 251 Å². The molecule has 0 radical (unpaired) electrons. The summed E-state index contributed by atoms with van der Waals surface area (Å²) in [7, 11) is 0. The standard InChI is InChI=1S/C44H45N3O12/c1-25(6-5-9-26-7-3-2-4-8-26)29(20-27-17-19-46-22-27)23-47-24-43(55)41(59-42(40(53)54)18-16-34(49)44(43,56)39(42)52)57-31-14-15-32-33(21-31)58-37(38(45)51)35(36(32)50)28-10-12-30(48)13-11-28/h2-5,7-18,21-22,25,29,37,39,41,47-48,50,52,55-56H,6,19-20,23-24H2,1H3,(H2,45,51)(H,53,54)/b9-5+/t25-,29+,37?,39-,41-,42+,43+,44+/m1/s1. The van der Waals surface area contributed by atoms with Crippen molar-refractivity contribution >= 4 is 41.3 Å². The molecule has 7 rings (SSSR count). The van der Waals surface area contributed by atoms with Crippen LogP contribution < -0.4 is 20.5 Å². The molecule has 15 nitrogen and oxygen atoms in total. The highest BCUT2D eigenvalue weighted by atomic mass is 16.7.